The number of aryl methyl sites for hydroxylation is 1. The highest BCUT2D eigenvalue weighted by Gasteiger charge is 2.32. The van der Waals surface area contributed by atoms with Crippen LogP contribution in [0.4, 0.5) is 5.69 Å². The molecular weight excluding hydrogens is 526 g/mol. The van der Waals surface area contributed by atoms with Crippen molar-refractivity contribution in [2.24, 2.45) is 0 Å². The third kappa shape index (κ3) is 7.05. The topological polar surface area (TPSA) is 96.0 Å². The first kappa shape index (κ1) is 29.0. The maximum atomic E-state index is 13.8. The van der Waals surface area contributed by atoms with E-state index in [0.717, 1.165) is 15.4 Å². The fraction of sp³-hybridized carbons (Fsp3) is 0.286. The summed E-state index contributed by atoms with van der Waals surface area (Å²) in [6.07, 6.45) is 0. The van der Waals surface area contributed by atoms with Gasteiger partial charge < -0.3 is 15.0 Å². The van der Waals surface area contributed by atoms with E-state index in [1.807, 2.05) is 6.92 Å². The van der Waals surface area contributed by atoms with Crippen LogP contribution in [0, 0.1) is 6.92 Å². The number of anilines is 1. The molecule has 3 aromatic rings. The van der Waals surface area contributed by atoms with Gasteiger partial charge >= 0.3 is 0 Å². The Kier molecular flexibility index (Phi) is 9.77. The molecule has 0 aliphatic carbocycles. The number of benzene rings is 3. The van der Waals surface area contributed by atoms with E-state index >= 15 is 0 Å². The van der Waals surface area contributed by atoms with Crippen molar-refractivity contribution < 1.29 is 22.7 Å². The maximum absolute atomic E-state index is 13.8. The average Bonchev–Trinajstić information content (AvgIpc) is 2.91. The zero-order chi connectivity index (χ0) is 27.9. The number of carbonyl (C=O) groups excluding carboxylic acids is 2. The fourth-order valence-electron chi connectivity index (χ4n) is 3.81. The fourth-order valence-corrected chi connectivity index (χ4v) is 5.35. The van der Waals surface area contributed by atoms with Crippen LogP contribution >= 0.6 is 11.6 Å². The third-order valence-corrected chi connectivity index (χ3v) is 8.07. The Bertz CT molecular complexity index is 1340. The second-order valence-electron chi connectivity index (χ2n) is 8.74. The molecule has 0 aliphatic heterocycles. The molecule has 0 aromatic heterocycles. The molecule has 3 rings (SSSR count). The van der Waals surface area contributed by atoms with Gasteiger partial charge in [-0.15, -0.1) is 0 Å². The summed E-state index contributed by atoms with van der Waals surface area (Å²) in [6, 6.07) is 18.9. The van der Waals surface area contributed by atoms with Crippen molar-refractivity contribution in [3.8, 4) is 5.75 Å². The Morgan fingerprint density at radius 2 is 1.58 bits per heavy atom. The number of nitrogens with one attached hydrogen (secondary N) is 1. The van der Waals surface area contributed by atoms with Crippen LogP contribution in [0.5, 0.6) is 5.75 Å². The first-order chi connectivity index (χ1) is 18.1. The molecular formula is C28H32ClN3O5S. The van der Waals surface area contributed by atoms with Crippen molar-refractivity contribution in [3.63, 3.8) is 0 Å². The lowest BCUT2D eigenvalue weighted by atomic mass is 10.1. The largest absolute Gasteiger partial charge is 0.497 e. The summed E-state index contributed by atoms with van der Waals surface area (Å²) in [7, 11) is -2.65. The van der Waals surface area contributed by atoms with Gasteiger partial charge in [0, 0.05) is 18.1 Å². The van der Waals surface area contributed by atoms with Crippen LogP contribution in [0.15, 0.2) is 77.7 Å². The minimum Gasteiger partial charge on any atom is -0.497 e. The van der Waals surface area contributed by atoms with Crippen molar-refractivity contribution in [3.05, 3.63) is 88.9 Å². The average molecular weight is 558 g/mol. The van der Waals surface area contributed by atoms with Gasteiger partial charge in [-0.25, -0.2) is 8.42 Å². The number of ether oxygens (including phenoxy) is 1. The van der Waals surface area contributed by atoms with E-state index in [9.17, 15) is 18.0 Å². The molecule has 0 saturated heterocycles. The molecule has 2 amide bonds. The van der Waals surface area contributed by atoms with Crippen LogP contribution in [0.25, 0.3) is 0 Å². The minimum atomic E-state index is -4.14. The molecule has 8 nitrogen and oxygen atoms in total. The first-order valence-corrected chi connectivity index (χ1v) is 13.9. The van der Waals surface area contributed by atoms with Crippen LogP contribution in [-0.2, 0) is 26.2 Å². The van der Waals surface area contributed by atoms with Gasteiger partial charge in [-0.05, 0) is 74.9 Å². The lowest BCUT2D eigenvalue weighted by Crippen LogP contribution is -2.51. The van der Waals surface area contributed by atoms with E-state index in [2.05, 4.69) is 5.32 Å². The van der Waals surface area contributed by atoms with E-state index in [0.29, 0.717) is 23.0 Å². The summed E-state index contributed by atoms with van der Waals surface area (Å²) in [5.41, 5.74) is 2.02. The van der Waals surface area contributed by atoms with E-state index < -0.39 is 28.5 Å². The monoisotopic (exact) mass is 557 g/mol. The number of likely N-dealkylation sites (N-methyl/N-ethyl adjacent to an activating group) is 1. The highest BCUT2D eigenvalue weighted by Crippen LogP contribution is 2.26. The zero-order valence-corrected chi connectivity index (χ0v) is 23.4. The number of methoxy groups -OCH3 is 1. The number of amides is 2. The number of nitrogens with zero attached hydrogens (tertiary/aromatic N) is 2. The van der Waals surface area contributed by atoms with Crippen molar-refractivity contribution >= 4 is 39.1 Å². The number of carbonyl (C=O) groups is 2. The predicted octanol–water partition coefficient (Wildman–Crippen LogP) is 4.41. The maximum Gasteiger partial charge on any atom is 0.264 e. The van der Waals surface area contributed by atoms with Crippen molar-refractivity contribution in [1.82, 2.24) is 10.2 Å². The Morgan fingerprint density at radius 3 is 2.13 bits per heavy atom. The van der Waals surface area contributed by atoms with Crippen LogP contribution in [0.1, 0.15) is 25.0 Å². The molecule has 0 bridgehead atoms. The summed E-state index contributed by atoms with van der Waals surface area (Å²) < 4.78 is 33.8. The third-order valence-electron chi connectivity index (χ3n) is 6.03. The molecule has 0 saturated carbocycles. The van der Waals surface area contributed by atoms with Gasteiger partial charge in [-0.2, -0.15) is 0 Å². The van der Waals surface area contributed by atoms with Gasteiger partial charge in [-0.3, -0.25) is 13.9 Å². The van der Waals surface area contributed by atoms with Crippen LogP contribution in [0.2, 0.25) is 5.02 Å². The Morgan fingerprint density at radius 1 is 0.974 bits per heavy atom. The van der Waals surface area contributed by atoms with Crippen molar-refractivity contribution in [2.45, 2.75) is 38.3 Å². The number of sulfonamides is 1. The minimum absolute atomic E-state index is 0.00713. The Hall–Kier alpha value is -3.56. The normalized spacial score (nSPS) is 11.9. The number of rotatable bonds is 11. The summed E-state index contributed by atoms with van der Waals surface area (Å²) >= 11 is 6.01. The summed E-state index contributed by atoms with van der Waals surface area (Å²) in [4.78, 5) is 27.9. The highest BCUT2D eigenvalue weighted by atomic mass is 35.5. The quantitative estimate of drug-likeness (QED) is 0.377. The summed E-state index contributed by atoms with van der Waals surface area (Å²) in [5, 5.41) is 3.28. The molecule has 0 radical (unpaired) electrons. The van der Waals surface area contributed by atoms with Crippen molar-refractivity contribution in [1.29, 1.82) is 0 Å². The standard InChI is InChI=1S/C28H32ClN3O5S/c1-5-30-28(34)21(3)31(18-22-8-10-23(29)11-9-22)27(33)19-32(24-12-6-20(2)7-13-24)38(35,36)26-16-14-25(37-4)15-17-26/h6-17,21H,5,18-19H2,1-4H3,(H,30,34)/t21-/m0/s1. The molecule has 0 heterocycles. The summed E-state index contributed by atoms with van der Waals surface area (Å²) in [6.45, 7) is 5.28. The predicted molar refractivity (Wildman–Crippen MR) is 149 cm³/mol. The number of halogens is 1. The van der Waals surface area contributed by atoms with Gasteiger partial charge in [0.05, 0.1) is 17.7 Å². The molecule has 202 valence electrons. The first-order valence-electron chi connectivity index (χ1n) is 12.1. The zero-order valence-electron chi connectivity index (χ0n) is 21.8. The van der Waals surface area contributed by atoms with E-state index in [4.69, 9.17) is 16.3 Å². The molecule has 0 aliphatic rings. The van der Waals surface area contributed by atoms with Crippen molar-refractivity contribution in [2.75, 3.05) is 24.5 Å². The molecule has 0 unspecified atom stereocenters. The molecule has 0 fully saturated rings. The molecule has 38 heavy (non-hydrogen) atoms. The molecule has 1 atom stereocenters. The van der Waals surface area contributed by atoms with Gasteiger partial charge in [0.25, 0.3) is 10.0 Å². The highest BCUT2D eigenvalue weighted by molar-refractivity contribution is 7.92. The van der Waals surface area contributed by atoms with Gasteiger partial charge in [0.1, 0.15) is 18.3 Å². The SMILES string of the molecule is CCNC(=O)[C@H](C)N(Cc1ccc(Cl)cc1)C(=O)CN(c1ccc(C)cc1)S(=O)(=O)c1ccc(OC)cc1. The molecule has 3 aromatic carbocycles. The number of hydrogen-bond donors (Lipinski definition) is 1. The molecule has 1 N–H and O–H groups in total. The molecule has 0 spiro atoms. The van der Waals surface area contributed by atoms with E-state index in [1.54, 1.807) is 74.5 Å². The number of hydrogen-bond acceptors (Lipinski definition) is 5. The van der Waals surface area contributed by atoms with Gasteiger partial charge in [0.15, 0.2) is 0 Å². The molecule has 10 heteroatoms. The van der Waals surface area contributed by atoms with E-state index in [-0.39, 0.29) is 17.3 Å². The Balaban J connectivity index is 2.01. The van der Waals surface area contributed by atoms with Crippen LogP contribution in [0.3, 0.4) is 0 Å². The van der Waals surface area contributed by atoms with Crippen LogP contribution < -0.4 is 14.4 Å². The van der Waals surface area contributed by atoms with Crippen LogP contribution in [-0.4, -0.2) is 51.4 Å². The second kappa shape index (κ2) is 12.8. The van der Waals surface area contributed by atoms with E-state index in [1.165, 1.54) is 24.1 Å². The lowest BCUT2D eigenvalue weighted by molar-refractivity contribution is -0.139. The lowest BCUT2D eigenvalue weighted by Gasteiger charge is -2.32. The smallest absolute Gasteiger partial charge is 0.264 e. The van der Waals surface area contributed by atoms with Gasteiger partial charge in [0.2, 0.25) is 11.8 Å². The van der Waals surface area contributed by atoms with Gasteiger partial charge in [-0.1, -0.05) is 41.4 Å². The summed E-state index contributed by atoms with van der Waals surface area (Å²) in [5.74, 6) is -0.363. The second-order valence-corrected chi connectivity index (χ2v) is 11.0. The Labute approximate surface area is 229 Å².